The molecule has 1 aromatic carbocycles. The zero-order chi connectivity index (χ0) is 11.3. The predicted molar refractivity (Wildman–Crippen MR) is 58.8 cm³/mol. The van der Waals surface area contributed by atoms with Crippen LogP contribution in [-0.4, -0.2) is 17.5 Å². The summed E-state index contributed by atoms with van der Waals surface area (Å²) in [6.45, 7) is 0. The van der Waals surface area contributed by atoms with Gasteiger partial charge in [0.25, 0.3) is 5.91 Å². The molecule has 3 N–H and O–H groups in total. The van der Waals surface area contributed by atoms with Crippen molar-refractivity contribution in [2.45, 2.75) is 18.4 Å². The molecule has 5 nitrogen and oxygen atoms in total. The molecular formula is C11H11N3O2. The minimum atomic E-state index is -0.599. The Bertz CT molecular complexity index is 477. The van der Waals surface area contributed by atoms with Crippen LogP contribution in [0.5, 0.6) is 0 Å². The number of nitrogen functional groups attached to an aromatic ring is 1. The van der Waals surface area contributed by atoms with E-state index in [1.165, 1.54) is 4.90 Å². The Morgan fingerprint density at radius 2 is 1.81 bits per heavy atom. The van der Waals surface area contributed by atoms with E-state index in [9.17, 15) is 9.59 Å². The summed E-state index contributed by atoms with van der Waals surface area (Å²) in [5, 5.41) is 2.72. The van der Waals surface area contributed by atoms with Crippen LogP contribution < -0.4 is 16.0 Å². The third-order valence-electron chi connectivity index (χ3n) is 3.06. The summed E-state index contributed by atoms with van der Waals surface area (Å²) in [7, 11) is 0. The first kappa shape index (κ1) is 9.21. The number of rotatable bonds is 1. The maximum absolute atomic E-state index is 12.0. The lowest BCUT2D eigenvalue weighted by molar-refractivity contribution is -0.119. The number of nitrogens with two attached hydrogens (primary N) is 1. The number of hydrogen-bond acceptors (Lipinski definition) is 3. The van der Waals surface area contributed by atoms with E-state index in [-0.39, 0.29) is 11.9 Å². The second kappa shape index (κ2) is 2.75. The molecule has 16 heavy (non-hydrogen) atoms. The van der Waals surface area contributed by atoms with Gasteiger partial charge in [0.15, 0.2) is 0 Å². The number of nitrogens with one attached hydrogen (secondary N) is 1. The van der Waals surface area contributed by atoms with E-state index in [1.54, 1.807) is 24.3 Å². The normalized spacial score (nSPS) is 21.4. The van der Waals surface area contributed by atoms with Gasteiger partial charge in [-0.1, -0.05) is 0 Å². The Hall–Kier alpha value is -2.04. The van der Waals surface area contributed by atoms with Crippen molar-refractivity contribution in [3.05, 3.63) is 24.3 Å². The quantitative estimate of drug-likeness (QED) is 0.541. The first-order valence-electron chi connectivity index (χ1n) is 5.15. The lowest BCUT2D eigenvalue weighted by Gasteiger charge is -2.12. The van der Waals surface area contributed by atoms with Crippen molar-refractivity contribution in [3.63, 3.8) is 0 Å². The van der Waals surface area contributed by atoms with Crippen LogP contribution in [0.3, 0.4) is 0 Å². The fourth-order valence-corrected chi connectivity index (χ4v) is 1.94. The van der Waals surface area contributed by atoms with Crippen LogP contribution in [0, 0.1) is 0 Å². The molecule has 3 rings (SSSR count). The Morgan fingerprint density at radius 3 is 2.31 bits per heavy atom. The summed E-state index contributed by atoms with van der Waals surface area (Å²) < 4.78 is 0. The molecule has 0 atom stereocenters. The van der Waals surface area contributed by atoms with E-state index < -0.39 is 5.54 Å². The minimum Gasteiger partial charge on any atom is -0.399 e. The zero-order valence-corrected chi connectivity index (χ0v) is 8.56. The van der Waals surface area contributed by atoms with Crippen molar-refractivity contribution in [1.29, 1.82) is 0 Å². The van der Waals surface area contributed by atoms with Crippen molar-refractivity contribution in [3.8, 4) is 0 Å². The molecule has 82 valence electrons. The number of nitrogens with zero attached hydrogens (tertiary/aromatic N) is 1. The van der Waals surface area contributed by atoms with Gasteiger partial charge in [-0.05, 0) is 37.1 Å². The van der Waals surface area contributed by atoms with Gasteiger partial charge >= 0.3 is 6.03 Å². The van der Waals surface area contributed by atoms with Crippen molar-refractivity contribution in [1.82, 2.24) is 5.32 Å². The van der Waals surface area contributed by atoms with E-state index >= 15 is 0 Å². The highest BCUT2D eigenvalue weighted by Crippen LogP contribution is 2.42. The van der Waals surface area contributed by atoms with Gasteiger partial charge in [0.05, 0.1) is 5.69 Å². The van der Waals surface area contributed by atoms with Gasteiger partial charge in [-0.3, -0.25) is 4.79 Å². The van der Waals surface area contributed by atoms with Gasteiger partial charge in [0, 0.05) is 5.69 Å². The molecular weight excluding hydrogens is 206 g/mol. The number of carbonyl (C=O) groups is 2. The Kier molecular flexibility index (Phi) is 1.58. The van der Waals surface area contributed by atoms with Gasteiger partial charge < -0.3 is 11.1 Å². The first-order chi connectivity index (χ1) is 7.62. The Morgan fingerprint density at radius 1 is 1.19 bits per heavy atom. The molecule has 0 radical (unpaired) electrons. The fourth-order valence-electron chi connectivity index (χ4n) is 1.94. The van der Waals surface area contributed by atoms with Gasteiger partial charge in [-0.2, -0.15) is 0 Å². The molecule has 0 bridgehead atoms. The highest BCUT2D eigenvalue weighted by molar-refractivity contribution is 6.24. The van der Waals surface area contributed by atoms with E-state index in [2.05, 4.69) is 5.32 Å². The lowest BCUT2D eigenvalue weighted by atomic mass is 10.2. The van der Waals surface area contributed by atoms with Crippen LogP contribution in [0.2, 0.25) is 0 Å². The van der Waals surface area contributed by atoms with Gasteiger partial charge in [-0.15, -0.1) is 0 Å². The van der Waals surface area contributed by atoms with Gasteiger partial charge in [0.1, 0.15) is 5.54 Å². The maximum Gasteiger partial charge on any atom is 0.329 e. The molecule has 0 aromatic heterocycles. The number of anilines is 2. The van der Waals surface area contributed by atoms with Crippen LogP contribution in [0.25, 0.3) is 0 Å². The number of benzene rings is 1. The van der Waals surface area contributed by atoms with Crippen LogP contribution in [0.1, 0.15) is 12.8 Å². The average molecular weight is 217 g/mol. The number of hydrogen-bond donors (Lipinski definition) is 2. The molecule has 5 heteroatoms. The number of urea groups is 1. The summed E-state index contributed by atoms with van der Waals surface area (Å²) in [4.78, 5) is 24.9. The Labute approximate surface area is 92.2 Å². The molecule has 3 amide bonds. The van der Waals surface area contributed by atoms with E-state index in [0.29, 0.717) is 11.4 Å². The topological polar surface area (TPSA) is 75.4 Å². The first-order valence-corrected chi connectivity index (χ1v) is 5.15. The summed E-state index contributed by atoms with van der Waals surface area (Å²) in [5.41, 5.74) is 6.14. The molecule has 1 spiro atoms. The SMILES string of the molecule is Nc1ccc(N2C(=O)NC3(CC3)C2=O)cc1. The Balaban J connectivity index is 1.98. The predicted octanol–water partition coefficient (Wildman–Crippen LogP) is 0.858. The molecule has 0 unspecified atom stereocenters. The maximum atomic E-state index is 12.0. The van der Waals surface area contributed by atoms with E-state index in [4.69, 9.17) is 5.73 Å². The largest absolute Gasteiger partial charge is 0.399 e. The highest BCUT2D eigenvalue weighted by atomic mass is 16.2. The summed E-state index contributed by atoms with van der Waals surface area (Å²) in [6.07, 6.45) is 1.48. The molecule has 1 aromatic rings. The number of imide groups is 1. The molecule has 2 aliphatic rings. The number of carbonyl (C=O) groups excluding carboxylic acids is 2. The highest BCUT2D eigenvalue weighted by Gasteiger charge is 2.59. The molecule has 2 fully saturated rings. The monoisotopic (exact) mass is 217 g/mol. The van der Waals surface area contributed by atoms with E-state index in [1.807, 2.05) is 0 Å². The molecule has 1 aliphatic carbocycles. The van der Waals surface area contributed by atoms with Crippen molar-refractivity contribution < 1.29 is 9.59 Å². The third-order valence-corrected chi connectivity index (χ3v) is 3.06. The molecule has 1 aliphatic heterocycles. The van der Waals surface area contributed by atoms with Crippen LogP contribution >= 0.6 is 0 Å². The van der Waals surface area contributed by atoms with Crippen molar-refractivity contribution >= 4 is 23.3 Å². The van der Waals surface area contributed by atoms with Crippen molar-refractivity contribution in [2.75, 3.05) is 10.6 Å². The fraction of sp³-hybridized carbons (Fsp3) is 0.273. The summed E-state index contributed by atoms with van der Waals surface area (Å²) in [6, 6.07) is 6.36. The smallest absolute Gasteiger partial charge is 0.329 e. The average Bonchev–Trinajstić information content (AvgIpc) is 2.97. The van der Waals surface area contributed by atoms with Gasteiger partial charge in [-0.25, -0.2) is 9.69 Å². The second-order valence-corrected chi connectivity index (χ2v) is 4.24. The van der Waals surface area contributed by atoms with Crippen LogP contribution in [0.15, 0.2) is 24.3 Å². The van der Waals surface area contributed by atoms with Crippen molar-refractivity contribution in [2.24, 2.45) is 0 Å². The van der Waals surface area contributed by atoms with Crippen LogP contribution in [0.4, 0.5) is 16.2 Å². The minimum absolute atomic E-state index is 0.151. The standard InChI is InChI=1S/C11H11N3O2/c12-7-1-3-8(4-2-7)14-9(15)11(5-6-11)13-10(14)16/h1-4H,5-6,12H2,(H,13,16). The second-order valence-electron chi connectivity index (χ2n) is 4.24. The van der Waals surface area contributed by atoms with E-state index in [0.717, 1.165) is 12.8 Å². The van der Waals surface area contributed by atoms with Crippen LogP contribution in [-0.2, 0) is 4.79 Å². The molecule has 1 saturated heterocycles. The zero-order valence-electron chi connectivity index (χ0n) is 8.56. The van der Waals surface area contributed by atoms with Gasteiger partial charge in [0.2, 0.25) is 0 Å². The molecule has 1 saturated carbocycles. The lowest BCUT2D eigenvalue weighted by Crippen LogP contribution is -2.32. The summed E-state index contributed by atoms with van der Waals surface area (Å²) in [5.74, 6) is -0.151. The third kappa shape index (κ3) is 1.11. The molecule has 1 heterocycles. The summed E-state index contributed by atoms with van der Waals surface area (Å²) >= 11 is 0. The number of amides is 3.